The van der Waals surface area contributed by atoms with Crippen molar-refractivity contribution >= 4 is 35.0 Å². The van der Waals surface area contributed by atoms with Crippen LogP contribution < -0.4 is 14.8 Å². The van der Waals surface area contributed by atoms with Gasteiger partial charge in [0, 0.05) is 0 Å². The fourth-order valence-electron chi connectivity index (χ4n) is 1.94. The molecule has 8 nitrogen and oxygen atoms in total. The maximum atomic E-state index is 12.9. The van der Waals surface area contributed by atoms with Crippen molar-refractivity contribution in [2.75, 3.05) is 0 Å². The number of fused-ring (bicyclic) bond motifs is 1. The first-order valence-electron chi connectivity index (χ1n) is 6.53. The van der Waals surface area contributed by atoms with E-state index in [9.17, 15) is 18.4 Å². The average Bonchev–Trinajstić information content (AvgIpc) is 2.96. The van der Waals surface area contributed by atoms with Crippen LogP contribution in [0.5, 0.6) is 11.5 Å². The van der Waals surface area contributed by atoms with Gasteiger partial charge in [-0.15, -0.1) is 13.9 Å². The predicted octanol–water partition coefficient (Wildman–Crippen LogP) is 1.40. The van der Waals surface area contributed by atoms with Crippen LogP contribution in [0.1, 0.15) is 12.0 Å². The van der Waals surface area contributed by atoms with Gasteiger partial charge in [-0.2, -0.15) is 5.10 Å². The Morgan fingerprint density at radius 1 is 1.42 bits per heavy atom. The number of hydrogen-bond acceptors (Lipinski definition) is 7. The third-order valence-electron chi connectivity index (χ3n) is 2.92. The lowest BCUT2D eigenvalue weighted by molar-refractivity contribution is -0.286. The maximum Gasteiger partial charge on any atom is 0.586 e. The molecule has 1 aromatic rings. The van der Waals surface area contributed by atoms with Gasteiger partial charge in [0.1, 0.15) is 5.25 Å². The van der Waals surface area contributed by atoms with Gasteiger partial charge in [-0.3, -0.25) is 9.59 Å². The highest BCUT2D eigenvalue weighted by Gasteiger charge is 2.43. The molecule has 2 N–H and O–H groups in total. The molecule has 0 radical (unpaired) electrons. The number of ether oxygens (including phenoxy) is 2. The molecule has 1 fully saturated rings. The summed E-state index contributed by atoms with van der Waals surface area (Å²) in [6.45, 7) is 0. The van der Waals surface area contributed by atoms with Gasteiger partial charge in [-0.1, -0.05) is 11.8 Å². The minimum absolute atomic E-state index is 0.0846. The highest BCUT2D eigenvalue weighted by molar-refractivity contribution is 8.15. The van der Waals surface area contributed by atoms with Crippen LogP contribution in [0.4, 0.5) is 8.78 Å². The lowest BCUT2D eigenvalue weighted by Gasteiger charge is -2.04. The second-order valence-electron chi connectivity index (χ2n) is 4.72. The first kappa shape index (κ1) is 16.2. The lowest BCUT2D eigenvalue weighted by atomic mass is 10.2. The van der Waals surface area contributed by atoms with Crippen LogP contribution in [0.3, 0.4) is 0 Å². The topological polar surface area (TPSA) is 110 Å². The van der Waals surface area contributed by atoms with Crippen molar-refractivity contribution in [3.8, 4) is 11.5 Å². The van der Waals surface area contributed by atoms with Gasteiger partial charge >= 0.3 is 12.3 Å². The van der Waals surface area contributed by atoms with Gasteiger partial charge in [0.05, 0.1) is 12.6 Å². The number of hydrogen-bond donors (Lipinski definition) is 2. The maximum absolute atomic E-state index is 12.9. The fraction of sp³-hybridized carbons (Fsp3) is 0.231. The molecule has 3 rings (SSSR count). The zero-order chi connectivity index (χ0) is 17.3. The Hall–Kier alpha value is -2.69. The van der Waals surface area contributed by atoms with E-state index in [1.54, 1.807) is 0 Å². The van der Waals surface area contributed by atoms with E-state index >= 15 is 0 Å². The SMILES string of the molecule is O=C(O)CC1SC(=NN=Cc2ccc3c(c2)OC(F)(F)O3)NC1=O. The molecular formula is C13H9F2N3O5S. The lowest BCUT2D eigenvalue weighted by Crippen LogP contribution is -2.26. The van der Waals surface area contributed by atoms with E-state index in [0.717, 1.165) is 11.8 Å². The fourth-order valence-corrected chi connectivity index (χ4v) is 2.85. The van der Waals surface area contributed by atoms with E-state index < -0.39 is 23.4 Å². The predicted molar refractivity (Wildman–Crippen MR) is 79.4 cm³/mol. The van der Waals surface area contributed by atoms with Crippen molar-refractivity contribution in [3.63, 3.8) is 0 Å². The number of nitrogens with one attached hydrogen (secondary N) is 1. The molecule has 0 spiro atoms. The van der Waals surface area contributed by atoms with Crippen LogP contribution >= 0.6 is 11.8 Å². The van der Waals surface area contributed by atoms with E-state index in [-0.39, 0.29) is 23.1 Å². The van der Waals surface area contributed by atoms with Crippen molar-refractivity contribution in [1.82, 2.24) is 5.32 Å². The molecule has 0 saturated carbocycles. The first-order valence-corrected chi connectivity index (χ1v) is 7.40. The standard InChI is InChI=1S/C13H9F2N3O5S/c14-13(15)22-7-2-1-6(3-8(7)23-13)5-16-18-12-17-11(21)9(24-12)4-10(19)20/h1-3,5,9H,4H2,(H,19,20)(H,17,18,21). The molecular weight excluding hydrogens is 348 g/mol. The number of amides is 1. The quantitative estimate of drug-likeness (QED) is 0.623. The van der Waals surface area contributed by atoms with Crippen molar-refractivity contribution in [1.29, 1.82) is 0 Å². The third-order valence-corrected chi connectivity index (χ3v) is 3.99. The Morgan fingerprint density at radius 2 is 2.17 bits per heavy atom. The molecule has 2 heterocycles. The normalized spacial score (nSPS) is 23.0. The van der Waals surface area contributed by atoms with Crippen LogP contribution in [0.25, 0.3) is 0 Å². The molecule has 0 bridgehead atoms. The number of amidine groups is 1. The minimum Gasteiger partial charge on any atom is -0.481 e. The number of alkyl halides is 2. The number of rotatable bonds is 4. The van der Waals surface area contributed by atoms with Gasteiger partial charge in [0.15, 0.2) is 16.7 Å². The largest absolute Gasteiger partial charge is 0.586 e. The average molecular weight is 357 g/mol. The van der Waals surface area contributed by atoms with Crippen molar-refractivity contribution < 1.29 is 33.0 Å². The molecule has 0 aromatic heterocycles. The number of carbonyl (C=O) groups is 2. The monoisotopic (exact) mass is 357 g/mol. The smallest absolute Gasteiger partial charge is 0.481 e. The summed E-state index contributed by atoms with van der Waals surface area (Å²) >= 11 is 0.953. The highest BCUT2D eigenvalue weighted by atomic mass is 32.2. The Balaban J connectivity index is 1.65. The number of halogens is 2. The number of aliphatic carboxylic acids is 1. The molecule has 1 saturated heterocycles. The second-order valence-corrected chi connectivity index (χ2v) is 5.91. The first-order chi connectivity index (χ1) is 11.3. The highest BCUT2D eigenvalue weighted by Crippen LogP contribution is 2.40. The van der Waals surface area contributed by atoms with Gasteiger partial charge < -0.3 is 19.9 Å². The molecule has 11 heteroatoms. The third kappa shape index (κ3) is 3.62. The van der Waals surface area contributed by atoms with Crippen LogP contribution in [0, 0.1) is 0 Å². The minimum atomic E-state index is -3.69. The van der Waals surface area contributed by atoms with E-state index in [2.05, 4.69) is 25.0 Å². The molecule has 24 heavy (non-hydrogen) atoms. The van der Waals surface area contributed by atoms with Crippen LogP contribution in [-0.4, -0.2) is 39.9 Å². The zero-order valence-electron chi connectivity index (χ0n) is 11.7. The Morgan fingerprint density at radius 3 is 2.92 bits per heavy atom. The Labute approximate surface area is 137 Å². The summed E-state index contributed by atoms with van der Waals surface area (Å²) < 4.78 is 34.4. The van der Waals surface area contributed by atoms with Crippen LogP contribution in [0.2, 0.25) is 0 Å². The summed E-state index contributed by atoms with van der Waals surface area (Å²) in [7, 11) is 0. The number of nitrogens with zero attached hydrogens (tertiary/aromatic N) is 2. The van der Waals surface area contributed by atoms with E-state index in [1.165, 1.54) is 24.4 Å². The molecule has 1 atom stereocenters. The molecule has 2 aliphatic rings. The van der Waals surface area contributed by atoms with Gasteiger partial charge in [-0.05, 0) is 23.8 Å². The Bertz CT molecular complexity index is 768. The van der Waals surface area contributed by atoms with Gasteiger partial charge in [0.25, 0.3) is 0 Å². The molecule has 126 valence electrons. The number of carboxylic acid groups (broad SMARTS) is 1. The summed E-state index contributed by atoms with van der Waals surface area (Å²) in [5, 5.41) is 18.0. The molecule has 1 aromatic carbocycles. The Kier molecular flexibility index (Phi) is 4.09. The van der Waals surface area contributed by atoms with Crippen LogP contribution in [0.15, 0.2) is 28.4 Å². The van der Waals surface area contributed by atoms with Crippen molar-refractivity contribution in [2.45, 2.75) is 18.0 Å². The van der Waals surface area contributed by atoms with E-state index in [4.69, 9.17) is 5.11 Å². The van der Waals surface area contributed by atoms with Crippen molar-refractivity contribution in [2.24, 2.45) is 10.2 Å². The van der Waals surface area contributed by atoms with Crippen LogP contribution in [-0.2, 0) is 9.59 Å². The number of thioether (sulfide) groups is 1. The van der Waals surface area contributed by atoms with Crippen molar-refractivity contribution in [3.05, 3.63) is 23.8 Å². The van der Waals surface area contributed by atoms with Gasteiger partial charge in [-0.25, -0.2) is 0 Å². The summed E-state index contributed by atoms with van der Waals surface area (Å²) in [4.78, 5) is 22.1. The molecule has 2 aliphatic heterocycles. The number of carbonyl (C=O) groups excluding carboxylic acids is 1. The van der Waals surface area contributed by atoms with E-state index in [0.29, 0.717) is 5.56 Å². The molecule has 0 aliphatic carbocycles. The summed E-state index contributed by atoms with van der Waals surface area (Å²) in [5.41, 5.74) is 0.427. The summed E-state index contributed by atoms with van der Waals surface area (Å²) in [6.07, 6.45) is -2.75. The zero-order valence-corrected chi connectivity index (χ0v) is 12.5. The van der Waals surface area contributed by atoms with Gasteiger partial charge in [0.2, 0.25) is 5.91 Å². The second kappa shape index (κ2) is 6.07. The number of carboxylic acids is 1. The summed E-state index contributed by atoms with van der Waals surface area (Å²) in [5.74, 6) is -1.76. The summed E-state index contributed by atoms with van der Waals surface area (Å²) in [6, 6.07) is 4.08. The van der Waals surface area contributed by atoms with E-state index in [1.807, 2.05) is 0 Å². The number of benzene rings is 1. The molecule has 1 amide bonds. The molecule has 1 unspecified atom stereocenters.